The highest BCUT2D eigenvalue weighted by Crippen LogP contribution is 2.38. The Labute approximate surface area is 159 Å². The Hall–Kier alpha value is -1.13. The van der Waals surface area contributed by atoms with Gasteiger partial charge in [-0.1, -0.05) is 18.2 Å². The monoisotopic (exact) mass is 420 g/mol. The molecule has 2 fully saturated rings. The van der Waals surface area contributed by atoms with Crippen molar-refractivity contribution in [3.8, 4) is 5.75 Å². The van der Waals surface area contributed by atoms with E-state index in [-0.39, 0.29) is 23.1 Å². The van der Waals surface area contributed by atoms with Gasteiger partial charge >= 0.3 is 0 Å². The maximum atomic E-state index is 13.3. The number of rotatable bonds is 5. The minimum atomic E-state index is -3.88. The van der Waals surface area contributed by atoms with Gasteiger partial charge in [0.2, 0.25) is 20.0 Å². The van der Waals surface area contributed by atoms with Gasteiger partial charge in [-0.2, -0.15) is 8.61 Å². The van der Waals surface area contributed by atoms with Gasteiger partial charge in [-0.25, -0.2) is 16.8 Å². The summed E-state index contributed by atoms with van der Waals surface area (Å²) in [5.74, 6) is 0.170. The van der Waals surface area contributed by atoms with Gasteiger partial charge in [-0.15, -0.1) is 0 Å². The molecule has 2 unspecified atom stereocenters. The molecule has 144 valence electrons. The Morgan fingerprint density at radius 2 is 2.00 bits per heavy atom. The normalized spacial score (nSPS) is 25.0. The standard InChI is InChI=1S/C16H21ClN2O5S2/c1-3-25(20,21)18-10-12-5-4-8-19(14(12)11-18)26(22,23)16-9-13(17)6-7-15(16)24-2/h3,6-7,9,12,14H,1,4-5,8,10-11H2,2H3. The van der Waals surface area contributed by atoms with Gasteiger partial charge in [0.05, 0.1) is 7.11 Å². The van der Waals surface area contributed by atoms with Crippen LogP contribution >= 0.6 is 11.6 Å². The van der Waals surface area contributed by atoms with Crippen molar-refractivity contribution in [1.29, 1.82) is 0 Å². The third-order valence-corrected chi connectivity index (χ3v) is 8.60. The number of methoxy groups -OCH3 is 1. The summed E-state index contributed by atoms with van der Waals surface area (Å²) in [5.41, 5.74) is 0. The van der Waals surface area contributed by atoms with E-state index in [2.05, 4.69) is 6.58 Å². The molecule has 3 rings (SSSR count). The topological polar surface area (TPSA) is 84.0 Å². The van der Waals surface area contributed by atoms with Crippen LogP contribution in [0.5, 0.6) is 5.75 Å². The Morgan fingerprint density at radius 1 is 1.27 bits per heavy atom. The first kappa shape index (κ1) is 19.6. The smallest absolute Gasteiger partial charge is 0.247 e. The van der Waals surface area contributed by atoms with E-state index in [1.54, 1.807) is 6.07 Å². The fourth-order valence-electron chi connectivity index (χ4n) is 3.69. The maximum Gasteiger partial charge on any atom is 0.247 e. The molecule has 0 aliphatic carbocycles. The Bertz CT molecular complexity index is 917. The van der Waals surface area contributed by atoms with Gasteiger partial charge in [0.1, 0.15) is 10.6 Å². The highest BCUT2D eigenvalue weighted by atomic mass is 35.5. The molecule has 2 atom stereocenters. The first-order chi connectivity index (χ1) is 12.2. The lowest BCUT2D eigenvalue weighted by molar-refractivity contribution is 0.216. The summed E-state index contributed by atoms with van der Waals surface area (Å²) in [5, 5.41) is 1.20. The van der Waals surface area contributed by atoms with Crippen molar-refractivity contribution >= 4 is 31.6 Å². The second-order valence-corrected chi connectivity index (χ2v) is 10.6. The van der Waals surface area contributed by atoms with Crippen molar-refractivity contribution < 1.29 is 21.6 Å². The molecule has 26 heavy (non-hydrogen) atoms. The summed E-state index contributed by atoms with van der Waals surface area (Å²) < 4.78 is 58.7. The Morgan fingerprint density at radius 3 is 2.65 bits per heavy atom. The predicted molar refractivity (Wildman–Crippen MR) is 99.1 cm³/mol. The van der Waals surface area contributed by atoms with Crippen LogP contribution in [0.15, 0.2) is 35.1 Å². The summed E-state index contributed by atoms with van der Waals surface area (Å²) in [7, 11) is -6.06. The highest BCUT2D eigenvalue weighted by Gasteiger charge is 2.47. The van der Waals surface area contributed by atoms with Gasteiger partial charge in [0, 0.05) is 36.1 Å². The van der Waals surface area contributed by atoms with Gasteiger partial charge < -0.3 is 4.74 Å². The second kappa shape index (κ2) is 7.12. The molecule has 1 aromatic rings. The first-order valence-electron chi connectivity index (χ1n) is 8.18. The summed E-state index contributed by atoms with van der Waals surface area (Å²) in [6.07, 6.45) is 1.46. The SMILES string of the molecule is C=CS(=O)(=O)N1CC2CCCN(S(=O)(=O)c3cc(Cl)ccc3OC)C2C1. The molecule has 0 amide bonds. The van der Waals surface area contributed by atoms with Crippen LogP contribution in [-0.2, 0) is 20.0 Å². The molecule has 7 nitrogen and oxygen atoms in total. The van der Waals surface area contributed by atoms with Gasteiger partial charge in [0.25, 0.3) is 0 Å². The summed E-state index contributed by atoms with van der Waals surface area (Å²) >= 11 is 5.99. The van der Waals surface area contributed by atoms with Crippen molar-refractivity contribution in [2.75, 3.05) is 26.7 Å². The van der Waals surface area contributed by atoms with E-state index < -0.39 is 26.1 Å². The largest absolute Gasteiger partial charge is 0.495 e. The molecular weight excluding hydrogens is 400 g/mol. The van der Waals surface area contributed by atoms with E-state index in [4.69, 9.17) is 16.3 Å². The van der Waals surface area contributed by atoms with E-state index >= 15 is 0 Å². The molecule has 0 aromatic heterocycles. The average Bonchev–Trinajstić information content (AvgIpc) is 3.06. The number of halogens is 1. The molecule has 0 bridgehead atoms. The number of nitrogens with zero attached hydrogens (tertiary/aromatic N) is 2. The van der Waals surface area contributed by atoms with E-state index in [0.29, 0.717) is 24.5 Å². The Kier molecular flexibility index (Phi) is 5.38. The molecule has 1 aromatic carbocycles. The van der Waals surface area contributed by atoms with Crippen LogP contribution in [0.1, 0.15) is 12.8 Å². The molecule has 0 saturated carbocycles. The van der Waals surface area contributed by atoms with Crippen molar-refractivity contribution in [1.82, 2.24) is 8.61 Å². The van der Waals surface area contributed by atoms with E-state index in [9.17, 15) is 16.8 Å². The molecule has 2 saturated heterocycles. The van der Waals surface area contributed by atoms with Crippen molar-refractivity contribution in [2.45, 2.75) is 23.8 Å². The van der Waals surface area contributed by atoms with E-state index in [1.165, 1.54) is 27.9 Å². The molecule has 0 radical (unpaired) electrons. The molecule has 0 N–H and O–H groups in total. The minimum Gasteiger partial charge on any atom is -0.495 e. The predicted octanol–water partition coefficient (Wildman–Crippen LogP) is 1.91. The molecule has 2 aliphatic heterocycles. The summed E-state index contributed by atoms with van der Waals surface area (Å²) in [6.45, 7) is 4.11. The van der Waals surface area contributed by atoms with Crippen LogP contribution in [0.2, 0.25) is 5.02 Å². The number of sulfonamides is 2. The number of ether oxygens (including phenoxy) is 1. The Balaban J connectivity index is 1.98. The lowest BCUT2D eigenvalue weighted by Crippen LogP contribution is -2.48. The van der Waals surface area contributed by atoms with Crippen LogP contribution in [-0.4, -0.2) is 58.2 Å². The number of hydrogen-bond acceptors (Lipinski definition) is 5. The lowest BCUT2D eigenvalue weighted by atomic mass is 9.94. The number of fused-ring (bicyclic) bond motifs is 1. The van der Waals surface area contributed by atoms with E-state index in [0.717, 1.165) is 11.8 Å². The summed E-state index contributed by atoms with van der Waals surface area (Å²) in [4.78, 5) is -0.00169. The van der Waals surface area contributed by atoms with Crippen LogP contribution in [0, 0.1) is 5.92 Å². The zero-order valence-electron chi connectivity index (χ0n) is 14.3. The first-order valence-corrected chi connectivity index (χ1v) is 11.5. The molecular formula is C16H21ClN2O5S2. The zero-order chi connectivity index (χ0) is 19.1. The highest BCUT2D eigenvalue weighted by molar-refractivity contribution is 7.92. The quantitative estimate of drug-likeness (QED) is 0.726. The minimum absolute atomic E-state index is 0.00169. The van der Waals surface area contributed by atoms with Gasteiger partial charge in [-0.05, 0) is 37.0 Å². The van der Waals surface area contributed by atoms with Crippen LogP contribution in [0.25, 0.3) is 0 Å². The van der Waals surface area contributed by atoms with Crippen molar-refractivity contribution in [2.24, 2.45) is 5.92 Å². The van der Waals surface area contributed by atoms with Crippen LogP contribution in [0.4, 0.5) is 0 Å². The second-order valence-electron chi connectivity index (χ2n) is 6.41. The van der Waals surface area contributed by atoms with Crippen LogP contribution in [0.3, 0.4) is 0 Å². The maximum absolute atomic E-state index is 13.3. The molecule has 10 heteroatoms. The average molecular weight is 421 g/mol. The molecule has 2 aliphatic rings. The van der Waals surface area contributed by atoms with Crippen molar-refractivity contribution in [3.05, 3.63) is 35.2 Å². The molecule has 0 spiro atoms. The fourth-order valence-corrected chi connectivity index (χ4v) is 6.80. The lowest BCUT2D eigenvalue weighted by Gasteiger charge is -2.36. The van der Waals surface area contributed by atoms with Gasteiger partial charge in [0.15, 0.2) is 0 Å². The van der Waals surface area contributed by atoms with Crippen LogP contribution < -0.4 is 4.74 Å². The number of piperidine rings is 1. The number of hydrogen-bond donors (Lipinski definition) is 0. The fraction of sp³-hybridized carbons (Fsp3) is 0.500. The van der Waals surface area contributed by atoms with Gasteiger partial charge in [-0.3, -0.25) is 0 Å². The zero-order valence-corrected chi connectivity index (χ0v) is 16.7. The molecule has 2 heterocycles. The third kappa shape index (κ3) is 3.38. The number of benzene rings is 1. The summed E-state index contributed by atoms with van der Waals surface area (Å²) in [6, 6.07) is 4.03. The third-order valence-electron chi connectivity index (χ3n) is 4.98. The van der Waals surface area contributed by atoms with E-state index in [1.807, 2.05) is 0 Å². The van der Waals surface area contributed by atoms with Crippen molar-refractivity contribution in [3.63, 3.8) is 0 Å².